The van der Waals surface area contributed by atoms with Crippen molar-refractivity contribution in [3.05, 3.63) is 141 Å². The molecule has 2 N–H and O–H groups in total. The summed E-state index contributed by atoms with van der Waals surface area (Å²) in [6, 6.07) is 37.3. The van der Waals surface area contributed by atoms with E-state index in [1.807, 2.05) is 0 Å². The van der Waals surface area contributed by atoms with E-state index in [1.54, 1.807) is 0 Å². The van der Waals surface area contributed by atoms with Crippen molar-refractivity contribution < 1.29 is 0 Å². The van der Waals surface area contributed by atoms with E-state index in [-0.39, 0.29) is 10.8 Å². The van der Waals surface area contributed by atoms with Gasteiger partial charge < -0.3 is 9.97 Å². The summed E-state index contributed by atoms with van der Waals surface area (Å²) in [5, 5.41) is 0. The lowest BCUT2D eigenvalue weighted by atomic mass is 9.86. The smallest absolute Gasteiger partial charge is 0.0738 e. The minimum absolute atomic E-state index is 0.0643. The van der Waals surface area contributed by atoms with Gasteiger partial charge in [0.25, 0.3) is 0 Å². The molecular formula is C46H41IN4. The van der Waals surface area contributed by atoms with Crippen LogP contribution in [0, 0.1) is 3.57 Å². The van der Waals surface area contributed by atoms with E-state index in [9.17, 15) is 0 Å². The highest BCUT2D eigenvalue weighted by atomic mass is 127. The summed E-state index contributed by atoms with van der Waals surface area (Å²) in [6.07, 6.45) is 8.57. The first kappa shape index (κ1) is 33.2. The predicted molar refractivity (Wildman–Crippen MR) is 225 cm³/mol. The molecule has 0 spiro atoms. The van der Waals surface area contributed by atoms with Crippen LogP contribution in [0.15, 0.2) is 103 Å². The Kier molecular flexibility index (Phi) is 8.22. The average molecular weight is 777 g/mol. The maximum Gasteiger partial charge on any atom is 0.0738 e. The Morgan fingerprint density at radius 2 is 0.784 bits per heavy atom. The Bertz CT molecular complexity index is 2360. The van der Waals surface area contributed by atoms with Crippen molar-refractivity contribution in [2.45, 2.75) is 52.4 Å². The summed E-state index contributed by atoms with van der Waals surface area (Å²) in [4.78, 5) is 18.2. The zero-order valence-corrected chi connectivity index (χ0v) is 32.1. The third kappa shape index (κ3) is 6.51. The highest BCUT2D eigenvalue weighted by Gasteiger charge is 2.20. The van der Waals surface area contributed by atoms with Crippen molar-refractivity contribution in [3.8, 4) is 33.4 Å². The largest absolute Gasteiger partial charge is 0.355 e. The Hall–Kier alpha value is -5.01. The fourth-order valence-corrected chi connectivity index (χ4v) is 7.29. The summed E-state index contributed by atoms with van der Waals surface area (Å²) in [5.74, 6) is 0. The Balaban J connectivity index is 1.46. The molecule has 3 aromatic heterocycles. The average Bonchev–Trinajstić information content (AvgIpc) is 3.93. The number of hydrogen-bond acceptors (Lipinski definition) is 2. The van der Waals surface area contributed by atoms with Crippen LogP contribution >= 0.6 is 22.6 Å². The van der Waals surface area contributed by atoms with Crippen LogP contribution in [0.2, 0.25) is 0 Å². The van der Waals surface area contributed by atoms with Gasteiger partial charge in [-0.2, -0.15) is 0 Å². The molecule has 0 saturated carbocycles. The van der Waals surface area contributed by atoms with Gasteiger partial charge in [0.2, 0.25) is 0 Å². The van der Waals surface area contributed by atoms with Crippen molar-refractivity contribution in [3.63, 3.8) is 0 Å². The summed E-state index contributed by atoms with van der Waals surface area (Å²) < 4.78 is 1.18. The van der Waals surface area contributed by atoms with E-state index in [1.165, 1.54) is 14.7 Å². The molecule has 0 atom stereocenters. The molecule has 0 amide bonds. The highest BCUT2D eigenvalue weighted by molar-refractivity contribution is 14.1. The van der Waals surface area contributed by atoms with Gasteiger partial charge in [-0.05, 0) is 128 Å². The second-order valence-electron chi connectivity index (χ2n) is 15.5. The molecule has 4 nitrogen and oxygen atoms in total. The van der Waals surface area contributed by atoms with Crippen LogP contribution in [0.1, 0.15) is 75.4 Å². The van der Waals surface area contributed by atoms with Crippen LogP contribution in [0.5, 0.6) is 0 Å². The predicted octanol–water partition coefficient (Wildman–Crippen LogP) is 12.9. The summed E-state index contributed by atoms with van der Waals surface area (Å²) in [5.41, 5.74) is 16.8. The molecule has 5 heterocycles. The topological polar surface area (TPSA) is 57.4 Å². The molecule has 8 rings (SSSR count). The van der Waals surface area contributed by atoms with E-state index < -0.39 is 0 Å². The number of rotatable bonds is 3. The fraction of sp³-hybridized carbons (Fsp3) is 0.174. The van der Waals surface area contributed by atoms with Gasteiger partial charge in [-0.1, -0.05) is 102 Å². The first-order valence-corrected chi connectivity index (χ1v) is 18.6. The maximum atomic E-state index is 5.38. The van der Waals surface area contributed by atoms with Gasteiger partial charge in [0.05, 0.1) is 22.8 Å². The van der Waals surface area contributed by atoms with Crippen molar-refractivity contribution in [1.82, 2.24) is 19.9 Å². The Labute approximate surface area is 313 Å². The molecule has 8 bridgehead atoms. The number of nitrogens with zero attached hydrogens (tertiary/aromatic N) is 2. The minimum atomic E-state index is 0.0643. The van der Waals surface area contributed by atoms with Gasteiger partial charge in [-0.25, -0.2) is 9.97 Å². The summed E-state index contributed by atoms with van der Waals surface area (Å²) in [7, 11) is 0. The van der Waals surface area contributed by atoms with E-state index in [0.29, 0.717) is 0 Å². The van der Waals surface area contributed by atoms with Crippen molar-refractivity contribution in [2.75, 3.05) is 0 Å². The monoisotopic (exact) mass is 776 g/mol. The number of hydrogen-bond donors (Lipinski definition) is 2. The van der Waals surface area contributed by atoms with Crippen molar-refractivity contribution in [2.24, 2.45) is 0 Å². The third-order valence-corrected chi connectivity index (χ3v) is 10.5. The number of aromatic nitrogens is 4. The van der Waals surface area contributed by atoms with E-state index in [4.69, 9.17) is 9.97 Å². The molecule has 51 heavy (non-hydrogen) atoms. The minimum Gasteiger partial charge on any atom is -0.355 e. The van der Waals surface area contributed by atoms with E-state index in [2.05, 4.69) is 202 Å². The molecule has 6 aromatic rings. The third-order valence-electron chi connectivity index (χ3n) is 9.78. The molecule has 2 aliphatic rings. The molecule has 0 aliphatic carbocycles. The molecule has 0 saturated heterocycles. The molecule has 3 aromatic carbocycles. The van der Waals surface area contributed by atoms with Gasteiger partial charge in [-0.3, -0.25) is 0 Å². The lowest BCUT2D eigenvalue weighted by Gasteiger charge is -2.19. The van der Waals surface area contributed by atoms with E-state index >= 15 is 0 Å². The van der Waals surface area contributed by atoms with Crippen LogP contribution < -0.4 is 0 Å². The number of nitrogens with one attached hydrogen (secondary N) is 2. The number of H-pyrrole nitrogens is 2. The molecule has 0 radical (unpaired) electrons. The van der Waals surface area contributed by atoms with Gasteiger partial charge >= 0.3 is 0 Å². The number of benzene rings is 3. The normalized spacial score (nSPS) is 12.8. The van der Waals surface area contributed by atoms with Crippen LogP contribution in [-0.4, -0.2) is 19.9 Å². The second-order valence-corrected chi connectivity index (χ2v) is 16.8. The lowest BCUT2D eigenvalue weighted by Crippen LogP contribution is -2.10. The lowest BCUT2D eigenvalue weighted by molar-refractivity contribution is 0.590. The highest BCUT2D eigenvalue weighted by Crippen LogP contribution is 2.38. The summed E-state index contributed by atoms with van der Waals surface area (Å²) >= 11 is 2.36. The second kappa shape index (κ2) is 12.6. The zero-order valence-electron chi connectivity index (χ0n) is 29.9. The quantitative estimate of drug-likeness (QED) is 0.176. The standard InChI is InChI=1S/C46H41IN4/c1-45(2,3)31-13-7-28(8-14-31)42-36-21-19-34(48-36)27-35-20-22-37(49-35)43(29-9-15-32(16-10-29)46(4,5)6)39-24-26-41(51-39)44(40-25-23-38(42)50-40)30-11-17-33(47)18-12-30/h7-27,48-49H,1-6H3. The number of aromatic amines is 2. The van der Waals surface area contributed by atoms with Crippen LogP contribution in [0.4, 0.5) is 0 Å². The molecular weight excluding hydrogens is 735 g/mol. The first-order valence-electron chi connectivity index (χ1n) is 17.5. The van der Waals surface area contributed by atoms with Crippen molar-refractivity contribution >= 4 is 69.0 Å². The maximum absolute atomic E-state index is 5.38. The van der Waals surface area contributed by atoms with Gasteiger partial charge in [0, 0.05) is 42.3 Å². The zero-order chi connectivity index (χ0) is 35.5. The van der Waals surface area contributed by atoms with Crippen LogP contribution in [-0.2, 0) is 10.8 Å². The van der Waals surface area contributed by atoms with E-state index in [0.717, 1.165) is 78.2 Å². The SMILES string of the molecule is CC(C)(C)c1ccc(-c2c3nc(c(-c4ccc(I)cc4)c4nc(c(-c5ccc(C(C)(C)C)cc5)c5ccc(cc6ccc2[nH]6)[nH]5)C=C4)C=C3)cc1. The molecule has 252 valence electrons. The Morgan fingerprint density at radius 3 is 1.18 bits per heavy atom. The van der Waals surface area contributed by atoms with Gasteiger partial charge in [0.15, 0.2) is 0 Å². The number of fused-ring (bicyclic) bond motifs is 8. The summed E-state index contributed by atoms with van der Waals surface area (Å²) in [6.45, 7) is 13.5. The van der Waals surface area contributed by atoms with Crippen LogP contribution in [0.3, 0.4) is 0 Å². The molecule has 2 aliphatic heterocycles. The Morgan fingerprint density at radius 1 is 0.431 bits per heavy atom. The molecule has 5 heteroatoms. The first-order chi connectivity index (χ1) is 24.4. The van der Waals surface area contributed by atoms with Crippen LogP contribution in [0.25, 0.3) is 79.8 Å². The number of halogens is 1. The molecule has 0 unspecified atom stereocenters. The van der Waals surface area contributed by atoms with Gasteiger partial charge in [0.1, 0.15) is 0 Å². The van der Waals surface area contributed by atoms with Gasteiger partial charge in [-0.15, -0.1) is 0 Å². The van der Waals surface area contributed by atoms with Crippen molar-refractivity contribution in [1.29, 1.82) is 0 Å². The fourth-order valence-electron chi connectivity index (χ4n) is 6.93. The molecule has 0 fully saturated rings.